The number of hydrogen-bond acceptors (Lipinski definition) is 6. The molecule has 164 valence electrons. The van der Waals surface area contributed by atoms with E-state index in [0.29, 0.717) is 12.5 Å². The molecule has 0 radical (unpaired) electrons. The molecule has 0 atom stereocenters. The SMILES string of the molecule is CCCn1cnc(N(Cc2ccc(OC)cc2)OC2CCCC2)c2nc(C3CC3)nc1-2. The molecule has 4 aliphatic rings. The number of methoxy groups -OCH3 is 1. The number of hydrogen-bond donors (Lipinski definition) is 0. The number of ether oxygens (including phenoxy) is 1. The van der Waals surface area contributed by atoms with Crippen LogP contribution in [-0.4, -0.2) is 32.7 Å². The van der Waals surface area contributed by atoms with Crippen molar-refractivity contribution in [2.45, 2.75) is 77.0 Å². The Morgan fingerprint density at radius 2 is 1.84 bits per heavy atom. The summed E-state index contributed by atoms with van der Waals surface area (Å²) < 4.78 is 7.44. The highest BCUT2D eigenvalue weighted by Crippen LogP contribution is 2.41. The van der Waals surface area contributed by atoms with Gasteiger partial charge in [0.1, 0.15) is 11.6 Å². The summed E-state index contributed by atoms with van der Waals surface area (Å²) in [7, 11) is 1.69. The molecule has 2 aliphatic carbocycles. The quantitative estimate of drug-likeness (QED) is 0.455. The van der Waals surface area contributed by atoms with Crippen molar-refractivity contribution in [3.05, 3.63) is 42.0 Å². The molecule has 0 bridgehead atoms. The van der Waals surface area contributed by atoms with Gasteiger partial charge in [-0.15, -0.1) is 0 Å². The number of imidazole rings is 1. The van der Waals surface area contributed by atoms with E-state index in [2.05, 4.69) is 23.6 Å². The van der Waals surface area contributed by atoms with Gasteiger partial charge in [-0.1, -0.05) is 31.9 Å². The number of fused-ring (bicyclic) bond motifs is 1. The van der Waals surface area contributed by atoms with Gasteiger partial charge >= 0.3 is 0 Å². The highest BCUT2D eigenvalue weighted by molar-refractivity contribution is 5.68. The van der Waals surface area contributed by atoms with Crippen molar-refractivity contribution in [2.75, 3.05) is 12.2 Å². The van der Waals surface area contributed by atoms with E-state index in [4.69, 9.17) is 24.5 Å². The topological polar surface area (TPSA) is 65.3 Å². The van der Waals surface area contributed by atoms with E-state index >= 15 is 0 Å². The summed E-state index contributed by atoms with van der Waals surface area (Å²) in [6.07, 6.45) is 10.1. The molecule has 2 fully saturated rings. The maximum absolute atomic E-state index is 6.51. The first kappa shape index (κ1) is 20.2. The summed E-state index contributed by atoms with van der Waals surface area (Å²) in [4.78, 5) is 21.2. The van der Waals surface area contributed by atoms with Gasteiger partial charge in [0.2, 0.25) is 0 Å². The average Bonchev–Trinajstić information content (AvgIpc) is 3.33. The average molecular weight is 422 g/mol. The van der Waals surface area contributed by atoms with E-state index in [1.54, 1.807) is 7.11 Å². The Morgan fingerprint density at radius 1 is 1.06 bits per heavy atom. The molecule has 0 amide bonds. The van der Waals surface area contributed by atoms with Crippen molar-refractivity contribution in [3.63, 3.8) is 0 Å². The van der Waals surface area contributed by atoms with Gasteiger partial charge in [-0.2, -0.15) is 0 Å². The summed E-state index contributed by atoms with van der Waals surface area (Å²) in [6, 6.07) is 8.13. The number of aryl methyl sites for hydroxylation is 1. The van der Waals surface area contributed by atoms with Crippen LogP contribution in [0.15, 0.2) is 30.6 Å². The summed E-state index contributed by atoms with van der Waals surface area (Å²) in [5, 5.41) is 1.95. The minimum atomic E-state index is 0.226. The normalized spacial score (nSPS) is 16.8. The second-order valence-corrected chi connectivity index (χ2v) is 8.69. The van der Waals surface area contributed by atoms with Crippen LogP contribution in [0.25, 0.3) is 11.5 Å². The fourth-order valence-corrected chi connectivity index (χ4v) is 4.29. The third-order valence-corrected chi connectivity index (χ3v) is 6.17. The Kier molecular flexibility index (Phi) is 5.76. The van der Waals surface area contributed by atoms with E-state index in [1.165, 1.54) is 25.7 Å². The molecule has 0 saturated heterocycles. The fourth-order valence-electron chi connectivity index (χ4n) is 4.29. The number of aromatic nitrogens is 4. The number of benzene rings is 1. The molecule has 0 unspecified atom stereocenters. The van der Waals surface area contributed by atoms with Gasteiger partial charge in [0.15, 0.2) is 17.3 Å². The van der Waals surface area contributed by atoms with Crippen LogP contribution < -0.4 is 9.80 Å². The van der Waals surface area contributed by atoms with Gasteiger partial charge in [-0.05, 0) is 49.8 Å². The zero-order valence-electron chi connectivity index (χ0n) is 18.5. The summed E-state index contributed by atoms with van der Waals surface area (Å²) in [5.74, 6) is 4.00. The molecule has 2 heterocycles. The lowest BCUT2D eigenvalue weighted by Gasteiger charge is -2.28. The molecular weight excluding hydrogens is 390 g/mol. The first-order chi connectivity index (χ1) is 15.2. The van der Waals surface area contributed by atoms with Crippen molar-refractivity contribution in [2.24, 2.45) is 0 Å². The third kappa shape index (κ3) is 4.37. The van der Waals surface area contributed by atoms with Gasteiger partial charge < -0.3 is 9.30 Å². The molecule has 31 heavy (non-hydrogen) atoms. The first-order valence-electron chi connectivity index (χ1n) is 11.5. The van der Waals surface area contributed by atoms with Gasteiger partial charge in [0, 0.05) is 12.5 Å². The van der Waals surface area contributed by atoms with Crippen LogP contribution in [0.4, 0.5) is 5.82 Å². The van der Waals surface area contributed by atoms with Crippen LogP contribution in [0.2, 0.25) is 0 Å². The van der Waals surface area contributed by atoms with E-state index in [1.807, 2.05) is 23.5 Å². The van der Waals surface area contributed by atoms with Gasteiger partial charge in [-0.25, -0.2) is 20.0 Å². The van der Waals surface area contributed by atoms with Crippen molar-refractivity contribution >= 4 is 5.82 Å². The number of rotatable bonds is 9. The molecule has 7 heteroatoms. The zero-order valence-corrected chi connectivity index (χ0v) is 18.5. The molecule has 1 aromatic rings. The maximum Gasteiger partial charge on any atom is 0.184 e. The number of anilines is 1. The smallest absolute Gasteiger partial charge is 0.184 e. The van der Waals surface area contributed by atoms with E-state index in [0.717, 1.165) is 60.3 Å². The van der Waals surface area contributed by atoms with Gasteiger partial charge in [-0.3, -0.25) is 4.84 Å². The molecule has 2 saturated carbocycles. The first-order valence-corrected chi connectivity index (χ1v) is 11.5. The second-order valence-electron chi connectivity index (χ2n) is 8.69. The lowest BCUT2D eigenvalue weighted by atomic mass is 10.2. The molecule has 2 aliphatic heterocycles. The van der Waals surface area contributed by atoms with E-state index in [9.17, 15) is 0 Å². The van der Waals surface area contributed by atoms with Crippen molar-refractivity contribution in [3.8, 4) is 17.3 Å². The Labute approximate surface area is 183 Å². The number of nitrogens with zero attached hydrogens (tertiary/aromatic N) is 5. The predicted octanol–water partition coefficient (Wildman–Crippen LogP) is 4.95. The Bertz CT molecular complexity index is 976. The minimum Gasteiger partial charge on any atom is -0.497 e. The van der Waals surface area contributed by atoms with Crippen LogP contribution in [-0.2, 0) is 17.9 Å². The highest BCUT2D eigenvalue weighted by atomic mass is 16.7. The molecule has 0 spiro atoms. The highest BCUT2D eigenvalue weighted by Gasteiger charge is 2.33. The largest absolute Gasteiger partial charge is 0.497 e. The molecule has 7 nitrogen and oxygen atoms in total. The predicted molar refractivity (Wildman–Crippen MR) is 119 cm³/mol. The van der Waals surface area contributed by atoms with Gasteiger partial charge in [0.05, 0.1) is 26.1 Å². The van der Waals surface area contributed by atoms with Crippen LogP contribution in [0, 0.1) is 0 Å². The third-order valence-electron chi connectivity index (χ3n) is 6.17. The minimum absolute atomic E-state index is 0.226. The number of hydroxylamine groups is 1. The fraction of sp³-hybridized carbons (Fsp3) is 0.542. The molecule has 5 rings (SSSR count). The summed E-state index contributed by atoms with van der Waals surface area (Å²) >= 11 is 0. The van der Waals surface area contributed by atoms with Gasteiger partial charge in [0.25, 0.3) is 0 Å². The Balaban J connectivity index is 1.51. The molecule has 1 aromatic carbocycles. The lowest BCUT2D eigenvalue weighted by molar-refractivity contribution is 0.0326. The van der Waals surface area contributed by atoms with E-state index < -0.39 is 0 Å². The Morgan fingerprint density at radius 3 is 2.52 bits per heavy atom. The molecular formula is C24H31N5O2. The lowest BCUT2D eigenvalue weighted by Crippen LogP contribution is -2.30. The standard InChI is InChI=1S/C24H31N5O2/c1-3-14-28-16-25-23(21-24(28)27-22(26-21)18-10-11-18)29(31-20-6-4-5-7-20)15-17-8-12-19(30-2)13-9-17/h8-9,12-13,16,18,20H,3-7,10-11,14-15H2,1-2H3. The van der Waals surface area contributed by atoms with Crippen molar-refractivity contribution < 1.29 is 9.57 Å². The van der Waals surface area contributed by atoms with Crippen LogP contribution in [0.1, 0.15) is 69.2 Å². The molecule has 0 aromatic heterocycles. The zero-order chi connectivity index (χ0) is 21.2. The second kappa shape index (κ2) is 8.83. The summed E-state index contributed by atoms with van der Waals surface area (Å²) in [5.41, 5.74) is 1.99. The van der Waals surface area contributed by atoms with Crippen LogP contribution >= 0.6 is 0 Å². The maximum atomic E-state index is 6.51. The Hall–Kier alpha value is -2.67. The monoisotopic (exact) mass is 421 g/mol. The molecule has 0 N–H and O–H groups in total. The van der Waals surface area contributed by atoms with Crippen LogP contribution in [0.3, 0.4) is 0 Å². The van der Waals surface area contributed by atoms with E-state index in [-0.39, 0.29) is 6.10 Å². The van der Waals surface area contributed by atoms with Crippen molar-refractivity contribution in [1.29, 1.82) is 0 Å². The summed E-state index contributed by atoms with van der Waals surface area (Å²) in [6.45, 7) is 3.66. The van der Waals surface area contributed by atoms with Crippen molar-refractivity contribution in [1.82, 2.24) is 19.5 Å². The van der Waals surface area contributed by atoms with Crippen LogP contribution in [0.5, 0.6) is 5.75 Å².